The molecule has 0 aliphatic heterocycles. The molecule has 5 rings (SSSR count). The standard InChI is InChI=1S/C27H20ClN3O3S/c1-17-22(21-9-5-6-10-23(21)31(17)16-18-7-3-2-4-8-18)15-24(26(32)33)35-27-30-29-25(34-27)19-11-13-20(28)14-12-19/h2-15H,16H2,1H3,(H,32,33)/b24-15-. The molecule has 1 N–H and O–H groups in total. The largest absolute Gasteiger partial charge is 0.477 e. The van der Waals surface area contributed by atoms with E-state index in [9.17, 15) is 9.90 Å². The topological polar surface area (TPSA) is 81.2 Å². The van der Waals surface area contributed by atoms with E-state index in [1.54, 1.807) is 30.3 Å². The molecule has 3 aromatic carbocycles. The highest BCUT2D eigenvalue weighted by Crippen LogP contribution is 2.34. The molecule has 0 radical (unpaired) electrons. The van der Waals surface area contributed by atoms with Crippen LogP contribution in [0.2, 0.25) is 5.02 Å². The van der Waals surface area contributed by atoms with E-state index in [0.717, 1.165) is 33.9 Å². The number of aliphatic carboxylic acids is 1. The summed E-state index contributed by atoms with van der Waals surface area (Å²) in [5, 5.41) is 19.8. The third kappa shape index (κ3) is 4.87. The summed E-state index contributed by atoms with van der Waals surface area (Å²) in [7, 11) is 0. The summed E-state index contributed by atoms with van der Waals surface area (Å²) >= 11 is 6.87. The van der Waals surface area contributed by atoms with Crippen molar-refractivity contribution in [2.45, 2.75) is 18.7 Å². The van der Waals surface area contributed by atoms with E-state index in [1.807, 2.05) is 49.4 Å². The molecule has 2 heterocycles. The van der Waals surface area contributed by atoms with Crippen molar-refractivity contribution in [1.82, 2.24) is 14.8 Å². The molecule has 0 aliphatic rings. The molecule has 35 heavy (non-hydrogen) atoms. The molecule has 0 saturated carbocycles. The number of carbonyl (C=O) groups is 1. The van der Waals surface area contributed by atoms with E-state index < -0.39 is 5.97 Å². The monoisotopic (exact) mass is 501 g/mol. The number of halogens is 1. The van der Waals surface area contributed by atoms with Crippen LogP contribution in [0, 0.1) is 6.92 Å². The van der Waals surface area contributed by atoms with Gasteiger partial charge in [-0.3, -0.25) is 0 Å². The highest BCUT2D eigenvalue weighted by molar-refractivity contribution is 8.03. The van der Waals surface area contributed by atoms with Crippen LogP contribution < -0.4 is 0 Å². The number of rotatable bonds is 7. The lowest BCUT2D eigenvalue weighted by molar-refractivity contribution is -0.131. The fraction of sp³-hybridized carbons (Fsp3) is 0.0741. The first-order valence-corrected chi connectivity index (χ1v) is 12.0. The van der Waals surface area contributed by atoms with Gasteiger partial charge in [-0.15, -0.1) is 10.2 Å². The molecule has 8 heteroatoms. The quantitative estimate of drug-likeness (QED) is 0.192. The number of aromatic nitrogens is 3. The molecule has 0 amide bonds. The Morgan fingerprint density at radius 1 is 1.03 bits per heavy atom. The molecule has 0 bridgehead atoms. The van der Waals surface area contributed by atoms with Gasteiger partial charge in [0.25, 0.3) is 5.22 Å². The number of thioether (sulfide) groups is 1. The summed E-state index contributed by atoms with van der Waals surface area (Å²) < 4.78 is 7.92. The molecule has 0 fully saturated rings. The van der Waals surface area contributed by atoms with Gasteiger partial charge in [0, 0.05) is 39.3 Å². The second-order valence-electron chi connectivity index (χ2n) is 7.88. The summed E-state index contributed by atoms with van der Waals surface area (Å²) in [6.45, 7) is 2.69. The average Bonchev–Trinajstić information content (AvgIpc) is 3.43. The second kappa shape index (κ2) is 9.82. The first-order chi connectivity index (χ1) is 17.0. The highest BCUT2D eigenvalue weighted by atomic mass is 35.5. The van der Waals surface area contributed by atoms with Crippen LogP contribution in [0.15, 0.2) is 93.4 Å². The number of carboxylic acid groups (broad SMARTS) is 1. The fourth-order valence-electron chi connectivity index (χ4n) is 3.93. The Morgan fingerprint density at radius 2 is 1.74 bits per heavy atom. The van der Waals surface area contributed by atoms with Crippen LogP contribution in [-0.2, 0) is 11.3 Å². The fourth-order valence-corrected chi connectivity index (χ4v) is 4.71. The summed E-state index contributed by atoms with van der Waals surface area (Å²) in [5.74, 6) is -0.773. The van der Waals surface area contributed by atoms with Crippen molar-refractivity contribution < 1.29 is 14.3 Å². The van der Waals surface area contributed by atoms with E-state index in [1.165, 1.54) is 5.56 Å². The van der Waals surface area contributed by atoms with Crippen molar-refractivity contribution in [2.24, 2.45) is 0 Å². The number of hydrogen-bond acceptors (Lipinski definition) is 5. The van der Waals surface area contributed by atoms with Gasteiger partial charge in [-0.2, -0.15) is 0 Å². The number of para-hydroxylation sites is 1. The third-order valence-electron chi connectivity index (χ3n) is 5.64. The van der Waals surface area contributed by atoms with Crippen LogP contribution in [0.25, 0.3) is 28.4 Å². The predicted octanol–water partition coefficient (Wildman–Crippen LogP) is 6.92. The number of benzene rings is 3. The summed E-state index contributed by atoms with van der Waals surface area (Å²) in [6, 6.07) is 25.2. The lowest BCUT2D eigenvalue weighted by Gasteiger charge is -2.08. The van der Waals surface area contributed by atoms with Gasteiger partial charge in [0.05, 0.1) is 0 Å². The Balaban J connectivity index is 1.51. The van der Waals surface area contributed by atoms with Crippen LogP contribution in [0.3, 0.4) is 0 Å². The van der Waals surface area contributed by atoms with Gasteiger partial charge in [0.1, 0.15) is 4.91 Å². The van der Waals surface area contributed by atoms with Gasteiger partial charge in [-0.25, -0.2) is 4.79 Å². The molecule has 5 aromatic rings. The second-order valence-corrected chi connectivity index (χ2v) is 9.31. The van der Waals surface area contributed by atoms with Crippen molar-refractivity contribution >= 4 is 46.3 Å². The van der Waals surface area contributed by atoms with E-state index >= 15 is 0 Å². The maximum atomic E-state index is 12.2. The van der Waals surface area contributed by atoms with Crippen LogP contribution in [-0.4, -0.2) is 25.8 Å². The van der Waals surface area contributed by atoms with Crippen LogP contribution >= 0.6 is 23.4 Å². The number of fused-ring (bicyclic) bond motifs is 1. The summed E-state index contributed by atoms with van der Waals surface area (Å²) in [6.07, 6.45) is 1.68. The smallest absolute Gasteiger partial charge is 0.342 e. The van der Waals surface area contributed by atoms with Gasteiger partial charge >= 0.3 is 5.97 Å². The molecule has 0 unspecified atom stereocenters. The van der Waals surface area contributed by atoms with Crippen LogP contribution in [0.5, 0.6) is 0 Å². The first kappa shape index (κ1) is 23.0. The Kier molecular flexibility index (Phi) is 6.44. The SMILES string of the molecule is Cc1c(/C=C(\Sc2nnc(-c3ccc(Cl)cc3)o2)C(=O)O)c2ccccc2n1Cc1ccccc1. The van der Waals surface area contributed by atoms with Gasteiger partial charge in [0.2, 0.25) is 5.89 Å². The molecule has 2 aromatic heterocycles. The third-order valence-corrected chi connectivity index (χ3v) is 6.75. The Morgan fingerprint density at radius 3 is 2.49 bits per heavy atom. The number of carboxylic acids is 1. The van der Waals surface area contributed by atoms with Crippen molar-refractivity contribution in [3.63, 3.8) is 0 Å². The van der Waals surface area contributed by atoms with Crippen LogP contribution in [0.4, 0.5) is 0 Å². The molecule has 0 aliphatic carbocycles. The van der Waals surface area contributed by atoms with Gasteiger partial charge in [-0.05, 0) is 60.7 Å². The molecular weight excluding hydrogens is 482 g/mol. The molecular formula is C27H20ClN3O3S. The van der Waals surface area contributed by atoms with E-state index in [2.05, 4.69) is 26.9 Å². The molecule has 174 valence electrons. The van der Waals surface area contributed by atoms with Crippen molar-refractivity contribution in [1.29, 1.82) is 0 Å². The zero-order valence-electron chi connectivity index (χ0n) is 18.7. The van der Waals surface area contributed by atoms with Crippen molar-refractivity contribution in [2.75, 3.05) is 0 Å². The number of hydrogen-bond donors (Lipinski definition) is 1. The van der Waals surface area contributed by atoms with Crippen LogP contribution in [0.1, 0.15) is 16.8 Å². The zero-order chi connectivity index (χ0) is 24.4. The lowest BCUT2D eigenvalue weighted by Crippen LogP contribution is -2.02. The minimum Gasteiger partial charge on any atom is -0.477 e. The molecule has 0 spiro atoms. The average molecular weight is 502 g/mol. The van der Waals surface area contributed by atoms with E-state index in [4.69, 9.17) is 16.0 Å². The molecule has 6 nitrogen and oxygen atoms in total. The Labute approximate surface area is 210 Å². The van der Waals surface area contributed by atoms with E-state index in [0.29, 0.717) is 23.0 Å². The number of nitrogens with zero attached hydrogens (tertiary/aromatic N) is 3. The molecule has 0 atom stereocenters. The van der Waals surface area contributed by atoms with Crippen molar-refractivity contribution in [3.05, 3.63) is 106 Å². The maximum Gasteiger partial charge on any atom is 0.342 e. The Hall–Kier alpha value is -3.81. The minimum absolute atomic E-state index is 0.0852. The Bertz CT molecular complexity index is 1540. The lowest BCUT2D eigenvalue weighted by atomic mass is 10.1. The highest BCUT2D eigenvalue weighted by Gasteiger charge is 2.19. The van der Waals surface area contributed by atoms with Gasteiger partial charge in [0.15, 0.2) is 0 Å². The van der Waals surface area contributed by atoms with Gasteiger partial charge in [-0.1, -0.05) is 60.1 Å². The first-order valence-electron chi connectivity index (χ1n) is 10.8. The normalized spacial score (nSPS) is 11.8. The maximum absolute atomic E-state index is 12.2. The van der Waals surface area contributed by atoms with Crippen molar-refractivity contribution in [3.8, 4) is 11.5 Å². The molecule has 0 saturated heterocycles. The van der Waals surface area contributed by atoms with E-state index in [-0.39, 0.29) is 10.1 Å². The zero-order valence-corrected chi connectivity index (χ0v) is 20.3. The van der Waals surface area contributed by atoms with Gasteiger partial charge < -0.3 is 14.1 Å². The predicted molar refractivity (Wildman–Crippen MR) is 138 cm³/mol. The summed E-state index contributed by atoms with van der Waals surface area (Å²) in [5.41, 5.74) is 4.73. The minimum atomic E-state index is -1.07. The summed E-state index contributed by atoms with van der Waals surface area (Å²) in [4.78, 5) is 12.3.